The minimum atomic E-state index is -1.18. The topological polar surface area (TPSA) is 111 Å². The SMILES string of the molecule is CC(=O)OC1C(=O)N(Cc2ccccc2)C(NCCN)C1OC(C)=O. The zero-order valence-electron chi connectivity index (χ0n) is 14.3. The summed E-state index contributed by atoms with van der Waals surface area (Å²) in [7, 11) is 0. The summed E-state index contributed by atoms with van der Waals surface area (Å²) in [5, 5.41) is 3.10. The van der Waals surface area contributed by atoms with Crippen LogP contribution in [0.5, 0.6) is 0 Å². The van der Waals surface area contributed by atoms with Gasteiger partial charge in [0.1, 0.15) is 6.17 Å². The molecular weight excluding hydrogens is 326 g/mol. The molecule has 1 aliphatic heterocycles. The summed E-state index contributed by atoms with van der Waals surface area (Å²) in [6, 6.07) is 9.37. The highest BCUT2D eigenvalue weighted by Gasteiger charge is 2.52. The van der Waals surface area contributed by atoms with Gasteiger partial charge in [0.25, 0.3) is 5.91 Å². The lowest BCUT2D eigenvalue weighted by atomic mass is 10.2. The number of nitrogens with one attached hydrogen (secondary N) is 1. The Bertz CT molecular complexity index is 622. The minimum absolute atomic E-state index is 0.289. The third-order valence-electron chi connectivity index (χ3n) is 3.76. The van der Waals surface area contributed by atoms with Gasteiger partial charge in [-0.2, -0.15) is 0 Å². The number of esters is 2. The average molecular weight is 349 g/mol. The fraction of sp³-hybridized carbons (Fsp3) is 0.471. The molecule has 0 aromatic heterocycles. The van der Waals surface area contributed by atoms with Gasteiger partial charge in [0.15, 0.2) is 6.10 Å². The number of likely N-dealkylation sites (tertiary alicyclic amines) is 1. The van der Waals surface area contributed by atoms with E-state index in [-0.39, 0.29) is 6.54 Å². The zero-order valence-corrected chi connectivity index (χ0v) is 14.3. The maximum Gasteiger partial charge on any atom is 0.303 e. The van der Waals surface area contributed by atoms with Crippen LogP contribution in [-0.4, -0.2) is 54.2 Å². The zero-order chi connectivity index (χ0) is 18.4. The van der Waals surface area contributed by atoms with E-state index in [1.807, 2.05) is 30.3 Å². The molecule has 2 rings (SSSR count). The van der Waals surface area contributed by atoms with Crippen molar-refractivity contribution in [1.82, 2.24) is 10.2 Å². The molecule has 3 atom stereocenters. The number of nitrogens with two attached hydrogens (primary N) is 1. The molecule has 0 aliphatic carbocycles. The van der Waals surface area contributed by atoms with Gasteiger partial charge in [-0.1, -0.05) is 30.3 Å². The molecule has 136 valence electrons. The molecule has 0 bridgehead atoms. The first kappa shape index (κ1) is 18.9. The normalized spacial score (nSPS) is 22.8. The van der Waals surface area contributed by atoms with Crippen molar-refractivity contribution in [2.75, 3.05) is 13.1 Å². The molecule has 1 aromatic rings. The van der Waals surface area contributed by atoms with Crippen molar-refractivity contribution in [3.63, 3.8) is 0 Å². The molecule has 8 nitrogen and oxygen atoms in total. The Morgan fingerprint density at radius 3 is 2.36 bits per heavy atom. The van der Waals surface area contributed by atoms with Crippen LogP contribution in [0.3, 0.4) is 0 Å². The first-order valence-corrected chi connectivity index (χ1v) is 8.06. The molecule has 0 radical (unpaired) electrons. The van der Waals surface area contributed by atoms with E-state index >= 15 is 0 Å². The summed E-state index contributed by atoms with van der Waals surface area (Å²) >= 11 is 0. The van der Waals surface area contributed by atoms with Crippen LogP contribution < -0.4 is 11.1 Å². The van der Waals surface area contributed by atoms with E-state index in [1.54, 1.807) is 0 Å². The number of carbonyl (C=O) groups excluding carboxylic acids is 3. The number of ether oxygens (including phenoxy) is 2. The second-order valence-electron chi connectivity index (χ2n) is 5.74. The van der Waals surface area contributed by atoms with E-state index in [9.17, 15) is 14.4 Å². The number of nitrogens with zero attached hydrogens (tertiary/aromatic N) is 1. The molecule has 25 heavy (non-hydrogen) atoms. The van der Waals surface area contributed by atoms with Crippen molar-refractivity contribution >= 4 is 17.8 Å². The first-order valence-electron chi connectivity index (χ1n) is 8.06. The van der Waals surface area contributed by atoms with E-state index < -0.39 is 36.2 Å². The number of carbonyl (C=O) groups is 3. The van der Waals surface area contributed by atoms with Crippen LogP contribution in [0.15, 0.2) is 30.3 Å². The summed E-state index contributed by atoms with van der Waals surface area (Å²) in [4.78, 5) is 37.2. The van der Waals surface area contributed by atoms with Crippen LogP contribution in [0, 0.1) is 0 Å². The van der Waals surface area contributed by atoms with Crippen molar-refractivity contribution < 1.29 is 23.9 Å². The molecule has 1 amide bonds. The van der Waals surface area contributed by atoms with Gasteiger partial charge < -0.3 is 20.1 Å². The second-order valence-corrected chi connectivity index (χ2v) is 5.74. The highest BCUT2D eigenvalue weighted by molar-refractivity contribution is 5.87. The van der Waals surface area contributed by atoms with Gasteiger partial charge in [0, 0.05) is 33.5 Å². The Balaban J connectivity index is 2.30. The first-order chi connectivity index (χ1) is 11.9. The summed E-state index contributed by atoms with van der Waals surface area (Å²) in [6.07, 6.45) is -2.76. The van der Waals surface area contributed by atoms with Gasteiger partial charge in [0.2, 0.25) is 6.10 Å². The summed E-state index contributed by atoms with van der Waals surface area (Å²) in [5.74, 6) is -1.59. The molecule has 1 saturated heterocycles. The highest BCUT2D eigenvalue weighted by atomic mass is 16.6. The fourth-order valence-electron chi connectivity index (χ4n) is 2.81. The number of hydrogen-bond donors (Lipinski definition) is 2. The van der Waals surface area contributed by atoms with E-state index in [0.717, 1.165) is 5.56 Å². The number of amides is 1. The predicted octanol–water partition coefficient (Wildman–Crippen LogP) is -0.233. The Morgan fingerprint density at radius 1 is 1.16 bits per heavy atom. The van der Waals surface area contributed by atoms with Gasteiger partial charge in [-0.05, 0) is 5.56 Å². The molecule has 0 spiro atoms. The maximum atomic E-state index is 12.8. The number of benzene rings is 1. The van der Waals surface area contributed by atoms with Crippen molar-refractivity contribution in [2.24, 2.45) is 5.73 Å². The van der Waals surface area contributed by atoms with Crippen molar-refractivity contribution in [3.05, 3.63) is 35.9 Å². The lowest BCUT2D eigenvalue weighted by Gasteiger charge is -2.28. The molecular formula is C17H23N3O5. The van der Waals surface area contributed by atoms with Crippen LogP contribution in [0.2, 0.25) is 0 Å². The maximum absolute atomic E-state index is 12.8. The van der Waals surface area contributed by atoms with Gasteiger partial charge in [-0.25, -0.2) is 0 Å². The van der Waals surface area contributed by atoms with E-state index in [1.165, 1.54) is 18.7 Å². The monoisotopic (exact) mass is 349 g/mol. The van der Waals surface area contributed by atoms with Gasteiger partial charge in [-0.15, -0.1) is 0 Å². The van der Waals surface area contributed by atoms with Crippen molar-refractivity contribution in [1.29, 1.82) is 0 Å². The average Bonchev–Trinajstić information content (AvgIpc) is 2.78. The molecule has 8 heteroatoms. The molecule has 3 N–H and O–H groups in total. The van der Waals surface area contributed by atoms with Crippen molar-refractivity contribution in [2.45, 2.75) is 38.8 Å². The standard InChI is InChI=1S/C17H23N3O5/c1-11(21)24-14-15(25-12(2)22)17(23)20(16(14)19-9-8-18)10-13-6-4-3-5-7-13/h3-7,14-16,19H,8-10,18H2,1-2H3. The Morgan fingerprint density at radius 2 is 1.80 bits per heavy atom. The van der Waals surface area contributed by atoms with E-state index in [2.05, 4.69) is 5.32 Å². The van der Waals surface area contributed by atoms with Gasteiger partial charge in [-0.3, -0.25) is 19.7 Å². The quantitative estimate of drug-likeness (QED) is 0.654. The number of hydrogen-bond acceptors (Lipinski definition) is 7. The predicted molar refractivity (Wildman–Crippen MR) is 88.9 cm³/mol. The van der Waals surface area contributed by atoms with Gasteiger partial charge >= 0.3 is 11.9 Å². The third-order valence-corrected chi connectivity index (χ3v) is 3.76. The largest absolute Gasteiger partial charge is 0.454 e. The van der Waals surface area contributed by atoms with Crippen molar-refractivity contribution in [3.8, 4) is 0 Å². The number of rotatable bonds is 7. The smallest absolute Gasteiger partial charge is 0.303 e. The van der Waals surface area contributed by atoms with E-state index in [4.69, 9.17) is 15.2 Å². The molecule has 1 heterocycles. The Labute approximate surface area is 146 Å². The lowest BCUT2D eigenvalue weighted by Crippen LogP contribution is -2.50. The van der Waals surface area contributed by atoms with Crippen LogP contribution in [0.1, 0.15) is 19.4 Å². The van der Waals surface area contributed by atoms with Crippen LogP contribution in [-0.2, 0) is 30.4 Å². The molecule has 1 aliphatic rings. The molecule has 1 aromatic carbocycles. The molecule has 1 fully saturated rings. The fourth-order valence-corrected chi connectivity index (χ4v) is 2.81. The van der Waals surface area contributed by atoms with Crippen LogP contribution in [0.25, 0.3) is 0 Å². The Kier molecular flexibility index (Phi) is 6.49. The summed E-state index contributed by atoms with van der Waals surface area (Å²) < 4.78 is 10.4. The van der Waals surface area contributed by atoms with Crippen LogP contribution >= 0.6 is 0 Å². The Hall–Kier alpha value is -2.45. The van der Waals surface area contributed by atoms with Gasteiger partial charge in [0.05, 0.1) is 0 Å². The summed E-state index contributed by atoms with van der Waals surface area (Å²) in [5.41, 5.74) is 6.45. The summed E-state index contributed by atoms with van der Waals surface area (Å²) in [6.45, 7) is 3.50. The molecule has 0 saturated carbocycles. The van der Waals surface area contributed by atoms with Crippen LogP contribution in [0.4, 0.5) is 0 Å². The third kappa shape index (κ3) is 4.77. The lowest BCUT2D eigenvalue weighted by molar-refractivity contribution is -0.166. The minimum Gasteiger partial charge on any atom is -0.454 e. The second kappa shape index (κ2) is 8.59. The molecule has 3 unspecified atom stereocenters. The van der Waals surface area contributed by atoms with E-state index in [0.29, 0.717) is 13.1 Å². The highest BCUT2D eigenvalue weighted by Crippen LogP contribution is 2.26.